The second-order valence-corrected chi connectivity index (χ2v) is 4.14. The molecule has 0 aliphatic heterocycles. The van der Waals surface area contributed by atoms with E-state index >= 15 is 0 Å². The van der Waals surface area contributed by atoms with Crippen molar-refractivity contribution in [1.29, 1.82) is 0 Å². The Morgan fingerprint density at radius 2 is 1.93 bits per heavy atom. The summed E-state index contributed by atoms with van der Waals surface area (Å²) in [5.41, 5.74) is -0.638. The standard InChI is InChI=1S/C10H17N3O2/c1-15-10(6-4-2-3-5-7-10)8-11-9(14)13-12-8/h2-7H2,1H3,(H2,11,12,13,14). The lowest BCUT2D eigenvalue weighted by atomic mass is 9.93. The molecule has 84 valence electrons. The van der Waals surface area contributed by atoms with Gasteiger partial charge in [0.25, 0.3) is 0 Å². The summed E-state index contributed by atoms with van der Waals surface area (Å²) in [7, 11) is 1.69. The normalized spacial score (nSPS) is 21.1. The van der Waals surface area contributed by atoms with Crippen molar-refractivity contribution < 1.29 is 4.74 Å². The van der Waals surface area contributed by atoms with E-state index in [-0.39, 0.29) is 11.3 Å². The zero-order valence-electron chi connectivity index (χ0n) is 9.01. The molecular formula is C10H17N3O2. The molecule has 1 fully saturated rings. The Labute approximate surface area is 88.2 Å². The summed E-state index contributed by atoms with van der Waals surface area (Å²) in [4.78, 5) is 13.8. The third-order valence-corrected chi connectivity index (χ3v) is 3.23. The van der Waals surface area contributed by atoms with Crippen molar-refractivity contribution in [2.75, 3.05) is 7.11 Å². The van der Waals surface area contributed by atoms with Crippen LogP contribution in [-0.4, -0.2) is 22.3 Å². The number of ether oxygens (including phenoxy) is 1. The summed E-state index contributed by atoms with van der Waals surface area (Å²) in [5.74, 6) is 0.650. The van der Waals surface area contributed by atoms with Crippen molar-refractivity contribution in [3.8, 4) is 0 Å². The molecule has 1 aliphatic rings. The van der Waals surface area contributed by atoms with Crippen molar-refractivity contribution in [2.24, 2.45) is 0 Å². The lowest BCUT2D eigenvalue weighted by Crippen LogP contribution is -2.29. The van der Waals surface area contributed by atoms with Crippen LogP contribution in [0.5, 0.6) is 0 Å². The van der Waals surface area contributed by atoms with Crippen molar-refractivity contribution >= 4 is 0 Å². The average molecular weight is 211 g/mol. The van der Waals surface area contributed by atoms with Crippen LogP contribution in [-0.2, 0) is 10.3 Å². The van der Waals surface area contributed by atoms with Gasteiger partial charge >= 0.3 is 5.69 Å². The molecule has 1 aliphatic carbocycles. The second kappa shape index (κ2) is 4.18. The Morgan fingerprint density at radius 3 is 2.40 bits per heavy atom. The van der Waals surface area contributed by atoms with E-state index in [0.717, 1.165) is 25.7 Å². The highest BCUT2D eigenvalue weighted by molar-refractivity contribution is 5.01. The molecule has 0 spiro atoms. The molecule has 1 aromatic heterocycles. The predicted octanol–water partition coefficient (Wildman–Crippen LogP) is 1.29. The fraction of sp³-hybridized carbons (Fsp3) is 0.800. The van der Waals surface area contributed by atoms with Gasteiger partial charge in [0.05, 0.1) is 0 Å². The van der Waals surface area contributed by atoms with Gasteiger partial charge in [-0.2, -0.15) is 5.10 Å². The Kier molecular flexibility index (Phi) is 2.90. The first-order valence-electron chi connectivity index (χ1n) is 5.47. The minimum absolute atomic E-state index is 0.259. The fourth-order valence-electron chi connectivity index (χ4n) is 2.32. The number of rotatable bonds is 2. The molecule has 0 amide bonds. The van der Waals surface area contributed by atoms with Crippen LogP contribution in [0.1, 0.15) is 44.3 Å². The van der Waals surface area contributed by atoms with E-state index in [9.17, 15) is 4.79 Å². The molecule has 0 radical (unpaired) electrons. The highest BCUT2D eigenvalue weighted by atomic mass is 16.5. The van der Waals surface area contributed by atoms with Crippen LogP contribution in [0, 0.1) is 0 Å². The molecule has 1 saturated carbocycles. The Balaban J connectivity index is 2.30. The third kappa shape index (κ3) is 1.97. The van der Waals surface area contributed by atoms with E-state index in [1.165, 1.54) is 12.8 Å². The number of methoxy groups -OCH3 is 1. The minimum Gasteiger partial charge on any atom is -0.370 e. The van der Waals surface area contributed by atoms with Gasteiger partial charge < -0.3 is 4.74 Å². The molecule has 5 heteroatoms. The molecule has 0 aromatic carbocycles. The highest BCUT2D eigenvalue weighted by Crippen LogP contribution is 2.36. The van der Waals surface area contributed by atoms with E-state index in [1.807, 2.05) is 0 Å². The highest BCUT2D eigenvalue weighted by Gasteiger charge is 2.35. The molecule has 0 unspecified atom stereocenters. The lowest BCUT2D eigenvalue weighted by Gasteiger charge is -2.28. The number of aromatic nitrogens is 3. The molecule has 2 N–H and O–H groups in total. The van der Waals surface area contributed by atoms with Crippen LogP contribution in [0.2, 0.25) is 0 Å². The summed E-state index contributed by atoms with van der Waals surface area (Å²) in [6.45, 7) is 0. The largest absolute Gasteiger partial charge is 0.370 e. The van der Waals surface area contributed by atoms with Gasteiger partial charge in [-0.3, -0.25) is 4.98 Å². The van der Waals surface area contributed by atoms with Gasteiger partial charge in [0, 0.05) is 7.11 Å². The van der Waals surface area contributed by atoms with Crippen molar-refractivity contribution in [3.63, 3.8) is 0 Å². The Morgan fingerprint density at radius 1 is 1.27 bits per heavy atom. The topological polar surface area (TPSA) is 70.8 Å². The molecule has 0 atom stereocenters. The number of nitrogens with zero attached hydrogens (tertiary/aromatic N) is 1. The first kappa shape index (κ1) is 10.4. The fourth-order valence-corrected chi connectivity index (χ4v) is 2.32. The van der Waals surface area contributed by atoms with Crippen LogP contribution in [0.4, 0.5) is 0 Å². The van der Waals surface area contributed by atoms with Crippen LogP contribution >= 0.6 is 0 Å². The first-order chi connectivity index (χ1) is 7.27. The van der Waals surface area contributed by atoms with Gasteiger partial charge in [0.1, 0.15) is 5.60 Å². The van der Waals surface area contributed by atoms with E-state index in [2.05, 4.69) is 15.2 Å². The molecule has 1 aromatic rings. The summed E-state index contributed by atoms with van der Waals surface area (Å²) < 4.78 is 5.61. The monoisotopic (exact) mass is 211 g/mol. The number of H-pyrrole nitrogens is 2. The third-order valence-electron chi connectivity index (χ3n) is 3.23. The lowest BCUT2D eigenvalue weighted by molar-refractivity contribution is -0.0349. The van der Waals surface area contributed by atoms with Crippen molar-refractivity contribution in [2.45, 2.75) is 44.1 Å². The number of hydrogen-bond acceptors (Lipinski definition) is 3. The van der Waals surface area contributed by atoms with Crippen LogP contribution in [0.15, 0.2) is 4.79 Å². The first-order valence-corrected chi connectivity index (χ1v) is 5.47. The zero-order chi connectivity index (χ0) is 10.7. The number of nitrogens with one attached hydrogen (secondary N) is 2. The Bertz CT molecular complexity index is 361. The summed E-state index contributed by atoms with van der Waals surface area (Å²) in [6.07, 6.45) is 6.60. The van der Waals surface area contributed by atoms with Gasteiger partial charge in [0.2, 0.25) is 0 Å². The zero-order valence-corrected chi connectivity index (χ0v) is 9.01. The molecule has 5 nitrogen and oxygen atoms in total. The quantitative estimate of drug-likeness (QED) is 0.724. The Hall–Kier alpha value is -1.10. The van der Waals surface area contributed by atoms with Gasteiger partial charge in [-0.05, 0) is 12.8 Å². The number of hydrogen-bond donors (Lipinski definition) is 2. The predicted molar refractivity (Wildman–Crippen MR) is 55.6 cm³/mol. The summed E-state index contributed by atoms with van der Waals surface area (Å²) in [5, 5.41) is 6.41. The van der Waals surface area contributed by atoms with Gasteiger partial charge in [-0.25, -0.2) is 9.89 Å². The van der Waals surface area contributed by atoms with Gasteiger partial charge in [-0.1, -0.05) is 25.7 Å². The van der Waals surface area contributed by atoms with Crippen molar-refractivity contribution in [3.05, 3.63) is 16.3 Å². The minimum atomic E-state index is -0.379. The maximum Gasteiger partial charge on any atom is 0.340 e. The smallest absolute Gasteiger partial charge is 0.340 e. The SMILES string of the molecule is COC1(c2n[nH]c(=O)[nH]2)CCCCCC1. The van der Waals surface area contributed by atoms with E-state index < -0.39 is 0 Å². The van der Waals surface area contributed by atoms with E-state index in [0.29, 0.717) is 5.82 Å². The summed E-state index contributed by atoms with van der Waals surface area (Å²) >= 11 is 0. The number of aromatic amines is 2. The van der Waals surface area contributed by atoms with Crippen LogP contribution in [0.3, 0.4) is 0 Å². The maximum atomic E-state index is 11.0. The molecular weight excluding hydrogens is 194 g/mol. The molecule has 2 rings (SSSR count). The van der Waals surface area contributed by atoms with Crippen molar-refractivity contribution in [1.82, 2.24) is 15.2 Å². The van der Waals surface area contributed by atoms with E-state index in [1.54, 1.807) is 7.11 Å². The molecule has 15 heavy (non-hydrogen) atoms. The molecule has 0 bridgehead atoms. The summed E-state index contributed by atoms with van der Waals surface area (Å²) in [6, 6.07) is 0. The molecule has 1 heterocycles. The van der Waals surface area contributed by atoms with Crippen LogP contribution < -0.4 is 5.69 Å². The molecule has 0 saturated heterocycles. The second-order valence-electron chi connectivity index (χ2n) is 4.14. The van der Waals surface area contributed by atoms with Gasteiger partial charge in [-0.15, -0.1) is 0 Å². The van der Waals surface area contributed by atoms with Gasteiger partial charge in [0.15, 0.2) is 5.82 Å². The van der Waals surface area contributed by atoms with Crippen LogP contribution in [0.25, 0.3) is 0 Å². The average Bonchev–Trinajstić information content (AvgIpc) is 2.56. The maximum absolute atomic E-state index is 11.0. The van der Waals surface area contributed by atoms with E-state index in [4.69, 9.17) is 4.74 Å².